The van der Waals surface area contributed by atoms with Gasteiger partial charge in [-0.15, -0.1) is 0 Å². The molecule has 104 valence electrons. The molecule has 0 saturated heterocycles. The number of aryl methyl sites for hydroxylation is 1. The van der Waals surface area contributed by atoms with E-state index in [1.165, 1.54) is 6.42 Å². The Morgan fingerprint density at radius 1 is 1.32 bits per heavy atom. The number of carbonyl (C=O) groups is 1. The van der Waals surface area contributed by atoms with Crippen molar-refractivity contribution < 1.29 is 4.79 Å². The lowest BCUT2D eigenvalue weighted by atomic mass is 9.79. The van der Waals surface area contributed by atoms with E-state index in [9.17, 15) is 4.79 Å². The molecule has 1 aromatic heterocycles. The van der Waals surface area contributed by atoms with Crippen molar-refractivity contribution in [1.29, 1.82) is 0 Å². The van der Waals surface area contributed by atoms with Crippen molar-refractivity contribution in [1.82, 2.24) is 10.3 Å². The van der Waals surface area contributed by atoms with E-state index in [-0.39, 0.29) is 11.9 Å². The van der Waals surface area contributed by atoms with Gasteiger partial charge in [0.2, 0.25) is 0 Å². The monoisotopic (exact) mass is 261 g/mol. The lowest BCUT2D eigenvalue weighted by molar-refractivity contribution is 0.0910. The zero-order valence-electron chi connectivity index (χ0n) is 11.9. The van der Waals surface area contributed by atoms with Crippen molar-refractivity contribution in [2.24, 2.45) is 11.8 Å². The zero-order valence-corrected chi connectivity index (χ0v) is 11.9. The van der Waals surface area contributed by atoms with E-state index in [0.717, 1.165) is 24.5 Å². The maximum absolute atomic E-state index is 12.2. The lowest BCUT2D eigenvalue weighted by Crippen LogP contribution is -2.39. The first-order valence-electron chi connectivity index (χ1n) is 7.00. The molecule has 3 unspecified atom stereocenters. The van der Waals surface area contributed by atoms with E-state index in [1.807, 2.05) is 6.92 Å². The minimum absolute atomic E-state index is 0.0380. The predicted octanol–water partition coefficient (Wildman–Crippen LogP) is 2.53. The van der Waals surface area contributed by atoms with Gasteiger partial charge in [-0.1, -0.05) is 13.8 Å². The normalized spacial score (nSPS) is 27.0. The fourth-order valence-electron chi connectivity index (χ4n) is 2.77. The molecule has 2 rings (SSSR count). The number of nitrogens with one attached hydrogen (secondary N) is 1. The van der Waals surface area contributed by atoms with Crippen LogP contribution in [-0.4, -0.2) is 16.9 Å². The number of rotatable bonds is 2. The minimum Gasteiger partial charge on any atom is -0.384 e. The fraction of sp³-hybridized carbons (Fsp3) is 0.600. The summed E-state index contributed by atoms with van der Waals surface area (Å²) >= 11 is 0. The molecule has 3 N–H and O–H groups in total. The van der Waals surface area contributed by atoms with Crippen molar-refractivity contribution in [2.75, 3.05) is 5.73 Å². The Labute approximate surface area is 114 Å². The fourth-order valence-corrected chi connectivity index (χ4v) is 2.77. The van der Waals surface area contributed by atoms with Crippen molar-refractivity contribution >= 4 is 11.7 Å². The van der Waals surface area contributed by atoms with Crippen LogP contribution < -0.4 is 11.1 Å². The lowest BCUT2D eigenvalue weighted by Gasteiger charge is -2.32. The van der Waals surface area contributed by atoms with Gasteiger partial charge in [0.25, 0.3) is 5.91 Å². The molecule has 1 fully saturated rings. The largest absolute Gasteiger partial charge is 0.384 e. The number of hydrogen-bond acceptors (Lipinski definition) is 3. The van der Waals surface area contributed by atoms with Gasteiger partial charge in [0.05, 0.1) is 0 Å². The number of carbonyl (C=O) groups excluding carboxylic acids is 1. The molecular weight excluding hydrogens is 238 g/mol. The van der Waals surface area contributed by atoms with Gasteiger partial charge in [-0.2, -0.15) is 0 Å². The van der Waals surface area contributed by atoms with Gasteiger partial charge in [0, 0.05) is 17.3 Å². The predicted molar refractivity (Wildman–Crippen MR) is 76.8 cm³/mol. The molecule has 1 aliphatic rings. The number of aromatic nitrogens is 1. The van der Waals surface area contributed by atoms with Crippen LogP contribution in [0.2, 0.25) is 0 Å². The highest BCUT2D eigenvalue weighted by molar-refractivity contribution is 5.95. The second kappa shape index (κ2) is 5.59. The smallest absolute Gasteiger partial charge is 0.251 e. The highest BCUT2D eigenvalue weighted by Crippen LogP contribution is 2.29. The Hall–Kier alpha value is -1.58. The summed E-state index contributed by atoms with van der Waals surface area (Å²) in [5.74, 6) is 1.79. The standard InChI is InChI=1S/C15H23N3O/c1-9-4-5-13(6-10(9)2)18-15(19)12-7-11(3)17-14(16)8-12/h7-10,13H,4-6H2,1-3H3,(H2,16,17)(H,18,19). The maximum Gasteiger partial charge on any atom is 0.251 e. The molecule has 0 aromatic carbocycles. The van der Waals surface area contributed by atoms with E-state index in [2.05, 4.69) is 24.1 Å². The Morgan fingerprint density at radius 2 is 2.05 bits per heavy atom. The third kappa shape index (κ3) is 3.46. The number of nitrogens with zero attached hydrogens (tertiary/aromatic N) is 1. The van der Waals surface area contributed by atoms with E-state index >= 15 is 0 Å². The topological polar surface area (TPSA) is 68.0 Å². The Morgan fingerprint density at radius 3 is 2.68 bits per heavy atom. The summed E-state index contributed by atoms with van der Waals surface area (Å²) in [4.78, 5) is 16.3. The van der Waals surface area contributed by atoms with Gasteiger partial charge in [-0.05, 0) is 50.2 Å². The summed E-state index contributed by atoms with van der Waals surface area (Å²) in [5.41, 5.74) is 7.06. The van der Waals surface area contributed by atoms with Crippen molar-refractivity contribution in [3.63, 3.8) is 0 Å². The van der Waals surface area contributed by atoms with E-state index in [1.54, 1.807) is 12.1 Å². The Bertz CT molecular complexity index is 452. The van der Waals surface area contributed by atoms with Crippen LogP contribution in [0.4, 0.5) is 5.82 Å². The highest BCUT2D eigenvalue weighted by atomic mass is 16.1. The quantitative estimate of drug-likeness (QED) is 0.859. The molecule has 0 radical (unpaired) electrons. The van der Waals surface area contributed by atoms with E-state index < -0.39 is 0 Å². The Kier molecular flexibility index (Phi) is 4.08. The number of amides is 1. The molecule has 1 aliphatic carbocycles. The average molecular weight is 261 g/mol. The molecule has 0 aliphatic heterocycles. The summed E-state index contributed by atoms with van der Waals surface area (Å²) in [7, 11) is 0. The van der Waals surface area contributed by atoms with E-state index in [0.29, 0.717) is 17.3 Å². The van der Waals surface area contributed by atoms with Crippen LogP contribution in [0.5, 0.6) is 0 Å². The van der Waals surface area contributed by atoms with Crippen LogP contribution in [-0.2, 0) is 0 Å². The van der Waals surface area contributed by atoms with Crippen LogP contribution in [0.25, 0.3) is 0 Å². The molecule has 4 nitrogen and oxygen atoms in total. The molecule has 1 saturated carbocycles. The van der Waals surface area contributed by atoms with Crippen LogP contribution in [0, 0.1) is 18.8 Å². The van der Waals surface area contributed by atoms with Gasteiger partial charge in [0.15, 0.2) is 0 Å². The molecule has 3 atom stereocenters. The molecule has 1 amide bonds. The second-order valence-electron chi connectivity index (χ2n) is 5.86. The SMILES string of the molecule is Cc1cc(C(=O)NC2CCC(C)C(C)C2)cc(N)n1. The number of pyridine rings is 1. The van der Waals surface area contributed by atoms with Crippen LogP contribution in [0.15, 0.2) is 12.1 Å². The third-order valence-electron chi connectivity index (χ3n) is 4.17. The molecular formula is C15H23N3O. The van der Waals surface area contributed by atoms with Crippen molar-refractivity contribution in [3.05, 3.63) is 23.4 Å². The van der Waals surface area contributed by atoms with Gasteiger partial charge in [-0.3, -0.25) is 4.79 Å². The first-order valence-corrected chi connectivity index (χ1v) is 7.00. The Balaban J connectivity index is 2.01. The second-order valence-corrected chi connectivity index (χ2v) is 5.86. The van der Waals surface area contributed by atoms with Gasteiger partial charge in [-0.25, -0.2) is 4.98 Å². The van der Waals surface area contributed by atoms with Gasteiger partial charge < -0.3 is 11.1 Å². The van der Waals surface area contributed by atoms with E-state index in [4.69, 9.17) is 5.73 Å². The summed E-state index contributed by atoms with van der Waals surface area (Å²) in [6, 6.07) is 3.70. The first-order chi connectivity index (χ1) is 8.95. The van der Waals surface area contributed by atoms with Gasteiger partial charge >= 0.3 is 0 Å². The molecule has 4 heteroatoms. The van der Waals surface area contributed by atoms with Crippen molar-refractivity contribution in [2.45, 2.75) is 46.1 Å². The average Bonchev–Trinajstić information content (AvgIpc) is 2.32. The van der Waals surface area contributed by atoms with Crippen LogP contribution in [0.1, 0.15) is 49.2 Å². The summed E-state index contributed by atoms with van der Waals surface area (Å²) in [5, 5.41) is 3.12. The molecule has 19 heavy (non-hydrogen) atoms. The van der Waals surface area contributed by atoms with Gasteiger partial charge in [0.1, 0.15) is 5.82 Å². The van der Waals surface area contributed by atoms with Crippen LogP contribution in [0.3, 0.4) is 0 Å². The number of nitrogen functional groups attached to an aromatic ring is 1. The minimum atomic E-state index is -0.0380. The maximum atomic E-state index is 12.2. The highest BCUT2D eigenvalue weighted by Gasteiger charge is 2.25. The van der Waals surface area contributed by atoms with Crippen molar-refractivity contribution in [3.8, 4) is 0 Å². The summed E-state index contributed by atoms with van der Waals surface area (Å²) in [6.45, 7) is 6.39. The number of nitrogens with two attached hydrogens (primary N) is 1. The first kappa shape index (κ1) is 13.8. The number of anilines is 1. The third-order valence-corrected chi connectivity index (χ3v) is 4.17. The molecule has 1 heterocycles. The molecule has 1 aromatic rings. The molecule has 0 bridgehead atoms. The van der Waals surface area contributed by atoms with Crippen LogP contribution >= 0.6 is 0 Å². The summed E-state index contributed by atoms with van der Waals surface area (Å²) in [6.07, 6.45) is 3.31. The molecule has 0 spiro atoms. The number of hydrogen-bond donors (Lipinski definition) is 2. The summed E-state index contributed by atoms with van der Waals surface area (Å²) < 4.78 is 0. The zero-order chi connectivity index (χ0) is 14.0.